The third-order valence-electron chi connectivity index (χ3n) is 3.37. The summed E-state index contributed by atoms with van der Waals surface area (Å²) in [7, 11) is 0. The van der Waals surface area contributed by atoms with Gasteiger partial charge in [-0.2, -0.15) is 16.9 Å². The van der Waals surface area contributed by atoms with E-state index in [1.807, 2.05) is 0 Å². The van der Waals surface area contributed by atoms with Crippen LogP contribution in [0.25, 0.3) is 11.4 Å². The smallest absolute Gasteiger partial charge is 0.155 e. The quantitative estimate of drug-likeness (QED) is 0.899. The summed E-state index contributed by atoms with van der Waals surface area (Å²) in [6, 6.07) is 9.12. The van der Waals surface area contributed by atoms with Crippen LogP contribution < -0.4 is 5.32 Å². The Bertz CT molecular complexity index is 506. The molecule has 1 atom stereocenters. The molecule has 1 aromatic heterocycles. The van der Waals surface area contributed by atoms with Crippen LogP contribution in [-0.4, -0.2) is 32.7 Å². The van der Waals surface area contributed by atoms with E-state index in [9.17, 15) is 0 Å². The van der Waals surface area contributed by atoms with Crippen molar-refractivity contribution in [3.8, 4) is 11.4 Å². The molecule has 1 aromatic carbocycles. The fourth-order valence-corrected chi connectivity index (χ4v) is 3.44. The Balaban J connectivity index is 1.63. The van der Waals surface area contributed by atoms with Gasteiger partial charge in [0.25, 0.3) is 0 Å². The topological polar surface area (TPSA) is 53.6 Å². The average Bonchev–Trinajstić information content (AvgIpc) is 3.01. The summed E-state index contributed by atoms with van der Waals surface area (Å²) in [5, 5.41) is 10.4. The monoisotopic (exact) mass is 274 g/mol. The number of aromatic amines is 1. The minimum Gasteiger partial charge on any atom is -0.309 e. The molecule has 2 aromatic rings. The van der Waals surface area contributed by atoms with Gasteiger partial charge in [-0.3, -0.25) is 5.10 Å². The number of H-pyrrole nitrogens is 1. The molecule has 1 unspecified atom stereocenters. The molecule has 1 saturated heterocycles. The maximum Gasteiger partial charge on any atom is 0.155 e. The molecular weight excluding hydrogens is 256 g/mol. The highest BCUT2D eigenvalue weighted by atomic mass is 32.2. The molecule has 0 radical (unpaired) electrons. The molecule has 1 fully saturated rings. The molecule has 2 heterocycles. The molecule has 0 amide bonds. The first kappa shape index (κ1) is 12.7. The first-order chi connectivity index (χ1) is 9.42. The number of benzene rings is 1. The molecule has 100 valence electrons. The van der Waals surface area contributed by atoms with Crippen molar-refractivity contribution in [1.29, 1.82) is 0 Å². The maximum atomic E-state index is 4.19. The highest BCUT2D eigenvalue weighted by Crippen LogP contribution is 2.18. The van der Waals surface area contributed by atoms with Gasteiger partial charge in [-0.05, 0) is 30.2 Å². The third kappa shape index (κ3) is 3.36. The maximum absolute atomic E-state index is 4.19. The normalized spacial score (nSPS) is 19.5. The number of nitrogens with zero attached hydrogens (tertiary/aromatic N) is 2. The molecule has 1 aliphatic heterocycles. The van der Waals surface area contributed by atoms with Gasteiger partial charge in [0.1, 0.15) is 6.33 Å². The molecule has 0 saturated carbocycles. The van der Waals surface area contributed by atoms with Crippen LogP contribution in [0, 0.1) is 0 Å². The standard InChI is InChI=1S/C14H18N4S/c1-3-11(8-15-13-5-2-6-19-9-13)7-12(4-1)14-16-10-17-18-14/h1,3-4,7,10,13,15H,2,5-6,8-9H2,(H,16,17,18). The Kier molecular flexibility index (Phi) is 4.15. The predicted octanol–water partition coefficient (Wildman–Crippen LogP) is 2.46. The van der Waals surface area contributed by atoms with E-state index in [2.05, 4.69) is 56.5 Å². The highest BCUT2D eigenvalue weighted by Gasteiger charge is 2.12. The van der Waals surface area contributed by atoms with Crippen molar-refractivity contribution in [2.24, 2.45) is 0 Å². The molecule has 0 aliphatic carbocycles. The Morgan fingerprint density at radius 1 is 1.42 bits per heavy atom. The van der Waals surface area contributed by atoms with Crippen LogP contribution in [0.3, 0.4) is 0 Å². The third-order valence-corrected chi connectivity index (χ3v) is 4.59. The summed E-state index contributed by atoms with van der Waals surface area (Å²) >= 11 is 2.05. The number of rotatable bonds is 4. The van der Waals surface area contributed by atoms with Crippen LogP contribution in [0.4, 0.5) is 0 Å². The van der Waals surface area contributed by atoms with Crippen molar-refractivity contribution in [2.45, 2.75) is 25.4 Å². The van der Waals surface area contributed by atoms with Crippen LogP contribution in [0.15, 0.2) is 30.6 Å². The molecule has 4 nitrogen and oxygen atoms in total. The van der Waals surface area contributed by atoms with Gasteiger partial charge in [0.15, 0.2) is 5.82 Å². The summed E-state index contributed by atoms with van der Waals surface area (Å²) in [5.74, 6) is 3.39. The van der Waals surface area contributed by atoms with E-state index < -0.39 is 0 Å². The Hall–Kier alpha value is -1.33. The van der Waals surface area contributed by atoms with E-state index >= 15 is 0 Å². The second-order valence-corrected chi connectivity index (χ2v) is 5.98. The minimum absolute atomic E-state index is 0.660. The lowest BCUT2D eigenvalue weighted by molar-refractivity contribution is 0.508. The SMILES string of the molecule is c1cc(CNC2CCCSC2)cc(-c2ncn[nH]2)c1. The summed E-state index contributed by atoms with van der Waals surface area (Å²) < 4.78 is 0. The molecular formula is C14H18N4S. The zero-order valence-corrected chi connectivity index (χ0v) is 11.6. The largest absolute Gasteiger partial charge is 0.309 e. The van der Waals surface area contributed by atoms with Crippen LogP contribution >= 0.6 is 11.8 Å². The fourth-order valence-electron chi connectivity index (χ4n) is 2.34. The van der Waals surface area contributed by atoms with Gasteiger partial charge in [0.05, 0.1) is 0 Å². The summed E-state index contributed by atoms with van der Waals surface area (Å²) in [4.78, 5) is 4.19. The van der Waals surface area contributed by atoms with Crippen LogP contribution in [0.1, 0.15) is 18.4 Å². The summed E-state index contributed by atoms with van der Waals surface area (Å²) in [6.45, 7) is 0.924. The number of thioether (sulfide) groups is 1. The van der Waals surface area contributed by atoms with Gasteiger partial charge in [-0.15, -0.1) is 0 Å². The minimum atomic E-state index is 0.660. The first-order valence-corrected chi connectivity index (χ1v) is 7.83. The van der Waals surface area contributed by atoms with E-state index in [1.54, 1.807) is 6.33 Å². The van der Waals surface area contributed by atoms with Gasteiger partial charge in [-0.1, -0.05) is 18.2 Å². The molecule has 1 aliphatic rings. The number of hydrogen-bond acceptors (Lipinski definition) is 4. The molecule has 0 bridgehead atoms. The summed E-state index contributed by atoms with van der Waals surface area (Å²) in [6.07, 6.45) is 4.18. The number of nitrogens with one attached hydrogen (secondary N) is 2. The average molecular weight is 274 g/mol. The van der Waals surface area contributed by atoms with E-state index in [1.165, 1.54) is 29.9 Å². The van der Waals surface area contributed by atoms with Crippen molar-refractivity contribution in [3.63, 3.8) is 0 Å². The van der Waals surface area contributed by atoms with Gasteiger partial charge in [0.2, 0.25) is 0 Å². The summed E-state index contributed by atoms with van der Waals surface area (Å²) in [5.41, 5.74) is 2.39. The van der Waals surface area contributed by atoms with E-state index in [4.69, 9.17) is 0 Å². The van der Waals surface area contributed by atoms with E-state index in [0.29, 0.717) is 6.04 Å². The lowest BCUT2D eigenvalue weighted by Crippen LogP contribution is -2.33. The number of hydrogen-bond donors (Lipinski definition) is 2. The molecule has 19 heavy (non-hydrogen) atoms. The van der Waals surface area contributed by atoms with Crippen molar-refractivity contribution in [2.75, 3.05) is 11.5 Å². The van der Waals surface area contributed by atoms with Gasteiger partial charge in [-0.25, -0.2) is 4.98 Å². The van der Waals surface area contributed by atoms with Gasteiger partial charge < -0.3 is 5.32 Å². The van der Waals surface area contributed by atoms with E-state index in [-0.39, 0.29) is 0 Å². The lowest BCUT2D eigenvalue weighted by Gasteiger charge is -2.22. The predicted molar refractivity (Wildman–Crippen MR) is 79.0 cm³/mol. The Labute approximate surface area is 117 Å². The van der Waals surface area contributed by atoms with Crippen molar-refractivity contribution in [3.05, 3.63) is 36.2 Å². The first-order valence-electron chi connectivity index (χ1n) is 6.67. The molecule has 3 rings (SSSR count). The molecule has 0 spiro atoms. The Morgan fingerprint density at radius 3 is 3.21 bits per heavy atom. The van der Waals surface area contributed by atoms with E-state index in [0.717, 1.165) is 17.9 Å². The van der Waals surface area contributed by atoms with Crippen molar-refractivity contribution >= 4 is 11.8 Å². The van der Waals surface area contributed by atoms with Crippen molar-refractivity contribution in [1.82, 2.24) is 20.5 Å². The molecule has 2 N–H and O–H groups in total. The zero-order chi connectivity index (χ0) is 12.9. The van der Waals surface area contributed by atoms with Crippen molar-refractivity contribution < 1.29 is 0 Å². The van der Waals surface area contributed by atoms with Crippen LogP contribution in [0.5, 0.6) is 0 Å². The number of aromatic nitrogens is 3. The molecule has 5 heteroatoms. The Morgan fingerprint density at radius 2 is 2.42 bits per heavy atom. The lowest BCUT2D eigenvalue weighted by atomic mass is 10.1. The highest BCUT2D eigenvalue weighted by molar-refractivity contribution is 7.99. The second kappa shape index (κ2) is 6.21. The van der Waals surface area contributed by atoms with Crippen LogP contribution in [-0.2, 0) is 6.54 Å². The zero-order valence-electron chi connectivity index (χ0n) is 10.8. The second-order valence-electron chi connectivity index (χ2n) is 4.83. The van der Waals surface area contributed by atoms with Gasteiger partial charge >= 0.3 is 0 Å². The van der Waals surface area contributed by atoms with Gasteiger partial charge in [0, 0.05) is 23.9 Å². The van der Waals surface area contributed by atoms with Crippen LogP contribution in [0.2, 0.25) is 0 Å². The fraction of sp³-hybridized carbons (Fsp3) is 0.429.